The molecule has 2 aromatic rings. The largest absolute Gasteiger partial charge is 0.493 e. The van der Waals surface area contributed by atoms with Gasteiger partial charge in [-0.3, -0.25) is 19.8 Å². The lowest BCUT2D eigenvalue weighted by Crippen LogP contribution is -2.27. The first-order valence-corrected chi connectivity index (χ1v) is 10.4. The lowest BCUT2D eigenvalue weighted by Gasteiger charge is -2.14. The molecule has 0 aliphatic carbocycles. The fraction of sp³-hybridized carbons (Fsp3) is 0.158. The van der Waals surface area contributed by atoms with Gasteiger partial charge in [0.1, 0.15) is 0 Å². The molecule has 0 unspecified atom stereocenters. The van der Waals surface area contributed by atoms with Crippen LogP contribution in [0.25, 0.3) is 6.08 Å². The van der Waals surface area contributed by atoms with E-state index < -0.39 is 4.92 Å². The minimum Gasteiger partial charge on any atom is -0.493 e. The van der Waals surface area contributed by atoms with Gasteiger partial charge in [-0.25, -0.2) is 0 Å². The minimum absolute atomic E-state index is 0.0554. The van der Waals surface area contributed by atoms with Gasteiger partial charge in [0.05, 0.1) is 29.2 Å². The predicted octanol–water partition coefficient (Wildman–Crippen LogP) is 5.17. The van der Waals surface area contributed by atoms with Gasteiger partial charge in [0.25, 0.3) is 11.6 Å². The second kappa shape index (κ2) is 8.93. The second-order valence-corrected chi connectivity index (χ2v) is 8.28. The number of anilines is 1. The van der Waals surface area contributed by atoms with E-state index in [1.165, 1.54) is 29.2 Å². The molecule has 3 rings (SSSR count). The SMILES string of the molecule is CCOc1cc(Br)c(/C=C2/SC(=S)N(c3ccc([N+](=O)[O-])cc3)C2=O)cc1OC. The Morgan fingerprint density at radius 3 is 2.55 bits per heavy atom. The average molecular weight is 495 g/mol. The maximum atomic E-state index is 12.9. The van der Waals surface area contributed by atoms with E-state index in [1.54, 1.807) is 25.3 Å². The van der Waals surface area contributed by atoms with Crippen molar-refractivity contribution in [3.63, 3.8) is 0 Å². The zero-order valence-corrected chi connectivity index (χ0v) is 18.6. The second-order valence-electron chi connectivity index (χ2n) is 5.75. The first-order valence-electron chi connectivity index (χ1n) is 8.38. The van der Waals surface area contributed by atoms with Crippen molar-refractivity contribution in [3.8, 4) is 11.5 Å². The summed E-state index contributed by atoms with van der Waals surface area (Å²) in [6.45, 7) is 2.38. The van der Waals surface area contributed by atoms with E-state index in [0.717, 1.165) is 21.8 Å². The molecule has 1 saturated heterocycles. The summed E-state index contributed by atoms with van der Waals surface area (Å²) in [6.07, 6.45) is 1.72. The Balaban J connectivity index is 1.93. The Hall–Kier alpha value is -2.43. The highest BCUT2D eigenvalue weighted by molar-refractivity contribution is 9.10. The number of amides is 1. The number of nitro benzene ring substituents is 1. The number of hydrogen-bond acceptors (Lipinski definition) is 7. The number of thiocarbonyl (C=S) groups is 1. The molecule has 10 heteroatoms. The molecule has 2 aromatic carbocycles. The van der Waals surface area contributed by atoms with Gasteiger partial charge in [-0.05, 0) is 42.8 Å². The third-order valence-corrected chi connectivity index (χ3v) is 5.97. The van der Waals surface area contributed by atoms with Crippen molar-refractivity contribution in [3.05, 3.63) is 61.5 Å². The van der Waals surface area contributed by atoms with Crippen LogP contribution in [0.3, 0.4) is 0 Å². The highest BCUT2D eigenvalue weighted by Crippen LogP contribution is 2.39. The molecule has 1 fully saturated rings. The molecular weight excluding hydrogens is 480 g/mol. The van der Waals surface area contributed by atoms with Crippen molar-refractivity contribution < 1.29 is 19.2 Å². The van der Waals surface area contributed by atoms with E-state index in [4.69, 9.17) is 21.7 Å². The summed E-state index contributed by atoms with van der Waals surface area (Å²) in [5.41, 5.74) is 1.15. The normalized spacial score (nSPS) is 15.1. The molecule has 0 spiro atoms. The number of carbonyl (C=O) groups is 1. The lowest BCUT2D eigenvalue weighted by atomic mass is 10.1. The fourth-order valence-corrected chi connectivity index (χ4v) is 4.37. The van der Waals surface area contributed by atoms with E-state index in [-0.39, 0.29) is 11.6 Å². The van der Waals surface area contributed by atoms with Gasteiger partial charge < -0.3 is 9.47 Å². The number of non-ortho nitro benzene ring substituents is 1. The number of nitrogens with zero attached hydrogens (tertiary/aromatic N) is 2. The number of ether oxygens (including phenoxy) is 2. The van der Waals surface area contributed by atoms with Crippen LogP contribution >= 0.6 is 39.9 Å². The van der Waals surface area contributed by atoms with Crippen LogP contribution in [0.4, 0.5) is 11.4 Å². The fourth-order valence-electron chi connectivity index (χ4n) is 2.64. The summed E-state index contributed by atoms with van der Waals surface area (Å²) in [4.78, 5) is 25.0. The molecule has 0 radical (unpaired) electrons. The molecule has 1 heterocycles. The number of nitro groups is 1. The van der Waals surface area contributed by atoms with Gasteiger partial charge in [0, 0.05) is 16.6 Å². The van der Waals surface area contributed by atoms with Crippen molar-refractivity contribution in [2.24, 2.45) is 0 Å². The van der Waals surface area contributed by atoms with E-state index >= 15 is 0 Å². The Kier molecular flexibility index (Phi) is 6.56. The number of thioether (sulfide) groups is 1. The standard InChI is InChI=1S/C19H15BrN2O5S2/c1-3-27-16-10-14(20)11(8-15(16)26-2)9-17-18(23)21(19(28)29-17)12-4-6-13(7-5-12)22(24)25/h4-10H,3H2,1-2H3/b17-9+. The van der Waals surface area contributed by atoms with E-state index in [0.29, 0.717) is 33.0 Å². The van der Waals surface area contributed by atoms with Crippen LogP contribution in [0.5, 0.6) is 11.5 Å². The van der Waals surface area contributed by atoms with Gasteiger partial charge in [-0.2, -0.15) is 0 Å². The molecule has 0 atom stereocenters. The van der Waals surface area contributed by atoms with Crippen LogP contribution < -0.4 is 14.4 Å². The molecular formula is C19H15BrN2O5S2. The summed E-state index contributed by atoms with van der Waals surface area (Å²) < 4.78 is 12.0. The molecule has 1 aliphatic heterocycles. The van der Waals surface area contributed by atoms with Crippen LogP contribution in [0, 0.1) is 10.1 Å². The molecule has 0 aromatic heterocycles. The number of rotatable bonds is 6. The van der Waals surface area contributed by atoms with E-state index in [9.17, 15) is 14.9 Å². The molecule has 0 saturated carbocycles. The van der Waals surface area contributed by atoms with Crippen molar-refractivity contribution in [1.29, 1.82) is 0 Å². The van der Waals surface area contributed by atoms with Gasteiger partial charge in [-0.1, -0.05) is 39.9 Å². The van der Waals surface area contributed by atoms with Crippen LogP contribution in [0.2, 0.25) is 0 Å². The van der Waals surface area contributed by atoms with Gasteiger partial charge in [-0.15, -0.1) is 0 Å². The summed E-state index contributed by atoms with van der Waals surface area (Å²) in [7, 11) is 1.55. The topological polar surface area (TPSA) is 81.9 Å². The van der Waals surface area contributed by atoms with Gasteiger partial charge >= 0.3 is 0 Å². The third kappa shape index (κ3) is 4.44. The van der Waals surface area contributed by atoms with Crippen molar-refractivity contribution >= 4 is 67.6 Å². The van der Waals surface area contributed by atoms with E-state index in [1.807, 2.05) is 6.92 Å². The summed E-state index contributed by atoms with van der Waals surface area (Å²) in [5, 5.41) is 10.8. The summed E-state index contributed by atoms with van der Waals surface area (Å²) >= 11 is 10.0. The number of carbonyl (C=O) groups excluding carboxylic acids is 1. The maximum absolute atomic E-state index is 12.9. The third-order valence-electron chi connectivity index (χ3n) is 3.98. The van der Waals surface area contributed by atoms with Crippen LogP contribution in [-0.2, 0) is 4.79 Å². The monoisotopic (exact) mass is 494 g/mol. The van der Waals surface area contributed by atoms with Crippen LogP contribution in [0.1, 0.15) is 12.5 Å². The Morgan fingerprint density at radius 1 is 1.28 bits per heavy atom. The minimum atomic E-state index is -0.495. The molecule has 1 aliphatic rings. The smallest absolute Gasteiger partial charge is 0.270 e. The predicted molar refractivity (Wildman–Crippen MR) is 121 cm³/mol. The van der Waals surface area contributed by atoms with Crippen molar-refractivity contribution in [2.75, 3.05) is 18.6 Å². The van der Waals surface area contributed by atoms with Crippen molar-refractivity contribution in [2.45, 2.75) is 6.92 Å². The summed E-state index contributed by atoms with van der Waals surface area (Å²) in [5.74, 6) is 0.846. The molecule has 29 heavy (non-hydrogen) atoms. The lowest BCUT2D eigenvalue weighted by molar-refractivity contribution is -0.384. The number of halogens is 1. The first-order chi connectivity index (χ1) is 13.8. The zero-order valence-electron chi connectivity index (χ0n) is 15.4. The molecule has 0 bridgehead atoms. The van der Waals surface area contributed by atoms with Gasteiger partial charge in [0.2, 0.25) is 0 Å². The molecule has 7 nitrogen and oxygen atoms in total. The molecule has 150 valence electrons. The first kappa shape index (κ1) is 21.3. The van der Waals surface area contributed by atoms with Gasteiger partial charge in [0.15, 0.2) is 15.8 Å². The van der Waals surface area contributed by atoms with E-state index in [2.05, 4.69) is 15.9 Å². The number of benzene rings is 2. The maximum Gasteiger partial charge on any atom is 0.270 e. The molecule has 1 amide bonds. The summed E-state index contributed by atoms with van der Waals surface area (Å²) in [6, 6.07) is 9.24. The van der Waals surface area contributed by atoms with Crippen LogP contribution in [0.15, 0.2) is 45.8 Å². The highest BCUT2D eigenvalue weighted by atomic mass is 79.9. The number of hydrogen-bond donors (Lipinski definition) is 0. The van der Waals surface area contributed by atoms with Crippen LogP contribution in [-0.4, -0.2) is 28.9 Å². The Morgan fingerprint density at radius 2 is 1.97 bits per heavy atom. The highest BCUT2D eigenvalue weighted by Gasteiger charge is 2.33. The van der Waals surface area contributed by atoms with Crippen molar-refractivity contribution in [1.82, 2.24) is 0 Å². The number of methoxy groups -OCH3 is 1. The quantitative estimate of drug-likeness (QED) is 0.237. The average Bonchev–Trinajstić information content (AvgIpc) is 2.97. The Bertz CT molecular complexity index is 1020. The zero-order chi connectivity index (χ0) is 21.1. The molecule has 0 N–H and O–H groups in total. The Labute approximate surface area is 184 Å².